The molecule has 0 fully saturated rings. The molecular formula is C13H18N4OS. The highest BCUT2D eigenvalue weighted by atomic mass is 32.1. The summed E-state index contributed by atoms with van der Waals surface area (Å²) in [5, 5.41) is 3.19. The van der Waals surface area contributed by atoms with Gasteiger partial charge in [0.25, 0.3) is 5.91 Å². The van der Waals surface area contributed by atoms with E-state index in [0.717, 1.165) is 5.69 Å². The predicted molar refractivity (Wildman–Crippen MR) is 82.2 cm³/mol. The highest BCUT2D eigenvalue weighted by Crippen LogP contribution is 2.12. The van der Waals surface area contributed by atoms with Crippen molar-refractivity contribution in [1.29, 1.82) is 0 Å². The van der Waals surface area contributed by atoms with Crippen LogP contribution in [0.5, 0.6) is 0 Å². The van der Waals surface area contributed by atoms with Crippen molar-refractivity contribution < 1.29 is 4.79 Å². The molecule has 1 aromatic rings. The van der Waals surface area contributed by atoms with Crippen molar-refractivity contribution in [2.45, 2.75) is 0 Å². The van der Waals surface area contributed by atoms with Crippen LogP contribution in [0.1, 0.15) is 10.4 Å². The first-order valence-corrected chi connectivity index (χ1v) is 6.18. The second-order valence-corrected chi connectivity index (χ2v) is 4.43. The fourth-order valence-corrected chi connectivity index (χ4v) is 1.45. The van der Waals surface area contributed by atoms with Gasteiger partial charge in [-0.15, -0.1) is 6.58 Å². The first-order valence-electron chi connectivity index (χ1n) is 5.77. The van der Waals surface area contributed by atoms with E-state index in [1.54, 1.807) is 18.2 Å². The molecule has 19 heavy (non-hydrogen) atoms. The fourth-order valence-electron chi connectivity index (χ4n) is 1.32. The van der Waals surface area contributed by atoms with Gasteiger partial charge in [0.1, 0.15) is 0 Å². The van der Waals surface area contributed by atoms with Gasteiger partial charge in [-0.1, -0.05) is 12.1 Å². The SMILES string of the molecule is C=CCNC(=S)NNC(=O)c1cccc(N(C)C)c1. The summed E-state index contributed by atoms with van der Waals surface area (Å²) in [6, 6.07) is 7.31. The largest absolute Gasteiger partial charge is 0.378 e. The predicted octanol–water partition coefficient (Wildman–Crippen LogP) is 1.05. The summed E-state index contributed by atoms with van der Waals surface area (Å²) >= 11 is 4.96. The molecule has 5 nitrogen and oxygen atoms in total. The molecule has 0 aromatic heterocycles. The number of nitrogens with one attached hydrogen (secondary N) is 3. The highest BCUT2D eigenvalue weighted by Gasteiger charge is 2.06. The number of hydrazine groups is 1. The molecule has 0 saturated heterocycles. The molecule has 0 atom stereocenters. The molecule has 102 valence electrons. The molecule has 0 bridgehead atoms. The van der Waals surface area contributed by atoms with Gasteiger partial charge in [0, 0.05) is 31.9 Å². The number of rotatable bonds is 4. The van der Waals surface area contributed by atoms with Crippen molar-refractivity contribution >= 4 is 28.9 Å². The zero-order valence-electron chi connectivity index (χ0n) is 11.1. The van der Waals surface area contributed by atoms with E-state index in [1.807, 2.05) is 31.1 Å². The summed E-state index contributed by atoms with van der Waals surface area (Å²) in [7, 11) is 3.84. The monoisotopic (exact) mass is 278 g/mol. The van der Waals surface area contributed by atoms with Crippen molar-refractivity contribution in [3.63, 3.8) is 0 Å². The molecule has 3 N–H and O–H groups in total. The molecule has 1 rings (SSSR count). The minimum Gasteiger partial charge on any atom is -0.378 e. The zero-order valence-corrected chi connectivity index (χ0v) is 11.9. The Morgan fingerprint density at radius 1 is 1.42 bits per heavy atom. The molecular weight excluding hydrogens is 260 g/mol. The van der Waals surface area contributed by atoms with Crippen molar-refractivity contribution in [3.05, 3.63) is 42.5 Å². The molecule has 0 unspecified atom stereocenters. The summed E-state index contributed by atoms with van der Waals surface area (Å²) in [6.07, 6.45) is 1.68. The Hall–Kier alpha value is -2.08. The van der Waals surface area contributed by atoms with Crippen molar-refractivity contribution in [2.24, 2.45) is 0 Å². The molecule has 1 amide bonds. The summed E-state index contributed by atoms with van der Waals surface area (Å²) < 4.78 is 0. The van der Waals surface area contributed by atoms with E-state index in [9.17, 15) is 4.79 Å². The molecule has 0 spiro atoms. The highest BCUT2D eigenvalue weighted by molar-refractivity contribution is 7.80. The maximum atomic E-state index is 11.9. The third-order valence-corrected chi connectivity index (χ3v) is 2.57. The maximum absolute atomic E-state index is 11.9. The van der Waals surface area contributed by atoms with E-state index in [2.05, 4.69) is 22.7 Å². The lowest BCUT2D eigenvalue weighted by Crippen LogP contribution is -2.46. The van der Waals surface area contributed by atoms with Crippen LogP contribution in [-0.2, 0) is 0 Å². The molecule has 6 heteroatoms. The quantitative estimate of drug-likeness (QED) is 0.437. The van der Waals surface area contributed by atoms with E-state index in [0.29, 0.717) is 17.2 Å². The number of carbonyl (C=O) groups excluding carboxylic acids is 1. The van der Waals surface area contributed by atoms with Crippen LogP contribution in [0.15, 0.2) is 36.9 Å². The van der Waals surface area contributed by atoms with Crippen molar-refractivity contribution in [2.75, 3.05) is 25.5 Å². The summed E-state index contributed by atoms with van der Waals surface area (Å²) in [4.78, 5) is 13.8. The van der Waals surface area contributed by atoms with E-state index in [-0.39, 0.29) is 5.91 Å². The second-order valence-electron chi connectivity index (χ2n) is 4.02. The second kappa shape index (κ2) is 7.38. The zero-order chi connectivity index (χ0) is 14.3. The molecule has 1 aromatic carbocycles. The van der Waals surface area contributed by atoms with Crippen LogP contribution in [0, 0.1) is 0 Å². The van der Waals surface area contributed by atoms with Crippen LogP contribution in [0.4, 0.5) is 5.69 Å². The third-order valence-electron chi connectivity index (χ3n) is 2.32. The normalized spacial score (nSPS) is 9.37. The topological polar surface area (TPSA) is 56.4 Å². The number of benzene rings is 1. The van der Waals surface area contributed by atoms with Crippen LogP contribution in [-0.4, -0.2) is 31.7 Å². The lowest BCUT2D eigenvalue weighted by molar-refractivity contribution is 0.0944. The summed E-state index contributed by atoms with van der Waals surface area (Å²) in [5.41, 5.74) is 6.67. The number of hydrogen-bond donors (Lipinski definition) is 3. The van der Waals surface area contributed by atoms with Crippen LogP contribution in [0.3, 0.4) is 0 Å². The lowest BCUT2D eigenvalue weighted by Gasteiger charge is -2.14. The van der Waals surface area contributed by atoms with Crippen LogP contribution >= 0.6 is 12.2 Å². The number of anilines is 1. The number of amides is 1. The van der Waals surface area contributed by atoms with Gasteiger partial charge in [-0.25, -0.2) is 0 Å². The van der Waals surface area contributed by atoms with Crippen LogP contribution in [0.2, 0.25) is 0 Å². The molecule has 0 radical (unpaired) electrons. The fraction of sp³-hybridized carbons (Fsp3) is 0.231. The Morgan fingerprint density at radius 3 is 2.79 bits per heavy atom. The number of thiocarbonyl (C=S) groups is 1. The van der Waals surface area contributed by atoms with Gasteiger partial charge in [0.2, 0.25) is 0 Å². The number of nitrogens with zero attached hydrogens (tertiary/aromatic N) is 1. The van der Waals surface area contributed by atoms with E-state index in [4.69, 9.17) is 12.2 Å². The molecule has 0 aliphatic carbocycles. The Balaban J connectivity index is 2.56. The summed E-state index contributed by atoms with van der Waals surface area (Å²) in [5.74, 6) is -0.244. The Morgan fingerprint density at radius 2 is 2.16 bits per heavy atom. The van der Waals surface area contributed by atoms with Crippen molar-refractivity contribution in [1.82, 2.24) is 16.2 Å². The van der Waals surface area contributed by atoms with Gasteiger partial charge in [-0.05, 0) is 30.4 Å². The molecule has 0 heterocycles. The average Bonchev–Trinajstić information content (AvgIpc) is 2.42. The Kier molecular flexibility index (Phi) is 5.81. The summed E-state index contributed by atoms with van der Waals surface area (Å²) in [6.45, 7) is 4.10. The van der Waals surface area contributed by atoms with Crippen molar-refractivity contribution in [3.8, 4) is 0 Å². The Bertz CT molecular complexity index is 473. The van der Waals surface area contributed by atoms with Gasteiger partial charge in [-0.2, -0.15) is 0 Å². The first kappa shape index (κ1) is 15.0. The van der Waals surface area contributed by atoms with Gasteiger partial charge in [0.15, 0.2) is 5.11 Å². The maximum Gasteiger partial charge on any atom is 0.269 e. The molecule has 0 saturated carbocycles. The average molecular weight is 278 g/mol. The minimum absolute atomic E-state index is 0.244. The van der Waals surface area contributed by atoms with Gasteiger partial charge in [-0.3, -0.25) is 15.6 Å². The van der Waals surface area contributed by atoms with E-state index >= 15 is 0 Å². The molecule has 0 aliphatic heterocycles. The third kappa shape index (κ3) is 4.97. The number of carbonyl (C=O) groups is 1. The molecule has 0 aliphatic rings. The first-order chi connectivity index (χ1) is 9.04. The van der Waals surface area contributed by atoms with Crippen LogP contribution in [0.25, 0.3) is 0 Å². The lowest BCUT2D eigenvalue weighted by atomic mass is 10.2. The smallest absolute Gasteiger partial charge is 0.269 e. The van der Waals surface area contributed by atoms with E-state index < -0.39 is 0 Å². The van der Waals surface area contributed by atoms with E-state index in [1.165, 1.54) is 0 Å². The van der Waals surface area contributed by atoms with Gasteiger partial charge >= 0.3 is 0 Å². The minimum atomic E-state index is -0.244. The van der Waals surface area contributed by atoms with Crippen LogP contribution < -0.4 is 21.1 Å². The number of hydrogen-bond acceptors (Lipinski definition) is 3. The standard InChI is InChI=1S/C13H18N4OS/c1-4-8-14-13(19)16-15-12(18)10-6-5-7-11(9-10)17(2)3/h4-7,9H,1,8H2,2-3H3,(H,15,18)(H2,14,16,19). The Labute approximate surface area is 118 Å². The van der Waals surface area contributed by atoms with Gasteiger partial charge in [0.05, 0.1) is 0 Å². The van der Waals surface area contributed by atoms with Gasteiger partial charge < -0.3 is 10.2 Å².